The van der Waals surface area contributed by atoms with Gasteiger partial charge in [0.05, 0.1) is 23.6 Å². The van der Waals surface area contributed by atoms with E-state index >= 15 is 0 Å². The molecule has 8 heteroatoms. The van der Waals surface area contributed by atoms with Crippen LogP contribution in [-0.2, 0) is 0 Å². The van der Waals surface area contributed by atoms with Crippen LogP contribution in [0.5, 0.6) is 5.75 Å². The van der Waals surface area contributed by atoms with E-state index in [0.29, 0.717) is 6.07 Å². The molecule has 0 unspecified atom stereocenters. The topological polar surface area (TPSA) is 75.0 Å². The first-order valence-corrected chi connectivity index (χ1v) is 4.76. The van der Waals surface area contributed by atoms with Crippen LogP contribution >= 0.6 is 0 Å². The van der Waals surface area contributed by atoms with Gasteiger partial charge in [-0.15, -0.1) is 0 Å². The van der Waals surface area contributed by atoms with E-state index in [1.165, 1.54) is 0 Å². The number of H-pyrrole nitrogens is 2. The van der Waals surface area contributed by atoms with E-state index in [1.807, 2.05) is 0 Å². The summed E-state index contributed by atoms with van der Waals surface area (Å²) in [4.78, 5) is 26.5. The van der Waals surface area contributed by atoms with Gasteiger partial charge in [-0.1, -0.05) is 0 Å². The first-order valence-electron chi connectivity index (χ1n) is 4.76. The van der Waals surface area contributed by atoms with Gasteiger partial charge in [0.25, 0.3) is 12.0 Å². The van der Waals surface area contributed by atoms with E-state index in [-0.39, 0.29) is 11.3 Å². The van der Waals surface area contributed by atoms with Crippen molar-refractivity contribution in [2.24, 2.45) is 0 Å². The zero-order valence-corrected chi connectivity index (χ0v) is 9.01. The highest BCUT2D eigenvalue weighted by molar-refractivity contribution is 5.87. The van der Waals surface area contributed by atoms with Crippen LogP contribution in [0.1, 0.15) is 12.0 Å². The SMILES string of the molecule is COc1cc(F)c(C(F)F)c2c(=O)[nH]c(=O)[nH]c12. The van der Waals surface area contributed by atoms with Gasteiger partial charge in [0.15, 0.2) is 0 Å². The number of alkyl halides is 2. The second kappa shape index (κ2) is 4.21. The maximum atomic E-state index is 13.5. The lowest BCUT2D eigenvalue weighted by atomic mass is 10.1. The molecule has 2 N–H and O–H groups in total. The minimum absolute atomic E-state index is 0.199. The Bertz CT molecular complexity index is 721. The number of rotatable bonds is 2. The summed E-state index contributed by atoms with van der Waals surface area (Å²) in [6.45, 7) is 0. The number of ether oxygens (including phenoxy) is 1. The van der Waals surface area contributed by atoms with Crippen molar-refractivity contribution in [3.8, 4) is 5.75 Å². The van der Waals surface area contributed by atoms with Gasteiger partial charge < -0.3 is 9.72 Å². The second-order valence-electron chi connectivity index (χ2n) is 3.43. The zero-order valence-electron chi connectivity index (χ0n) is 9.01. The first-order chi connectivity index (χ1) is 8.45. The Labute approximate surface area is 97.2 Å². The molecule has 0 bridgehead atoms. The van der Waals surface area contributed by atoms with Crippen LogP contribution in [0, 0.1) is 5.82 Å². The monoisotopic (exact) mass is 260 g/mol. The van der Waals surface area contributed by atoms with Crippen molar-refractivity contribution in [3.63, 3.8) is 0 Å². The zero-order chi connectivity index (χ0) is 13.4. The molecule has 2 rings (SSSR count). The fourth-order valence-corrected chi connectivity index (χ4v) is 1.69. The molecular weight excluding hydrogens is 253 g/mol. The predicted octanol–water partition coefficient (Wildman–Crippen LogP) is 1.30. The molecule has 0 saturated carbocycles. The lowest BCUT2D eigenvalue weighted by Gasteiger charge is -2.09. The number of fused-ring (bicyclic) bond motifs is 1. The highest BCUT2D eigenvalue weighted by atomic mass is 19.3. The molecule has 0 atom stereocenters. The van der Waals surface area contributed by atoms with E-state index in [4.69, 9.17) is 4.74 Å². The maximum Gasteiger partial charge on any atom is 0.326 e. The molecule has 2 aromatic rings. The van der Waals surface area contributed by atoms with Crippen LogP contribution in [0.4, 0.5) is 13.2 Å². The summed E-state index contributed by atoms with van der Waals surface area (Å²) in [5.41, 5.74) is -3.31. The van der Waals surface area contributed by atoms with Crippen molar-refractivity contribution >= 4 is 10.9 Å². The highest BCUT2D eigenvalue weighted by Crippen LogP contribution is 2.32. The molecule has 0 fully saturated rings. The van der Waals surface area contributed by atoms with Crippen LogP contribution in [0.2, 0.25) is 0 Å². The Balaban J connectivity index is 3.08. The summed E-state index contributed by atoms with van der Waals surface area (Å²) >= 11 is 0. The number of aromatic nitrogens is 2. The van der Waals surface area contributed by atoms with Gasteiger partial charge in [-0.25, -0.2) is 18.0 Å². The number of nitrogens with one attached hydrogen (secondary N) is 2. The Morgan fingerprint density at radius 1 is 1.28 bits per heavy atom. The van der Waals surface area contributed by atoms with Gasteiger partial charge in [-0.3, -0.25) is 9.78 Å². The largest absolute Gasteiger partial charge is 0.494 e. The quantitative estimate of drug-likeness (QED) is 0.854. The summed E-state index contributed by atoms with van der Waals surface area (Å²) in [5, 5.41) is -0.624. The van der Waals surface area contributed by atoms with Crippen LogP contribution in [0.25, 0.3) is 10.9 Å². The first kappa shape index (κ1) is 12.2. The Morgan fingerprint density at radius 3 is 2.50 bits per heavy atom. The van der Waals surface area contributed by atoms with Gasteiger partial charge in [0.1, 0.15) is 11.6 Å². The summed E-state index contributed by atoms with van der Waals surface area (Å²) in [6, 6.07) is 0.694. The minimum Gasteiger partial charge on any atom is -0.494 e. The molecule has 0 aliphatic carbocycles. The van der Waals surface area contributed by atoms with Crippen LogP contribution in [-0.4, -0.2) is 17.1 Å². The predicted molar refractivity (Wildman–Crippen MR) is 56.7 cm³/mol. The Hall–Kier alpha value is -2.25. The maximum absolute atomic E-state index is 13.5. The highest BCUT2D eigenvalue weighted by Gasteiger charge is 2.23. The molecular formula is C10H7F3N2O3. The molecule has 5 nitrogen and oxygen atoms in total. The van der Waals surface area contributed by atoms with Crippen molar-refractivity contribution in [2.45, 2.75) is 6.43 Å². The molecule has 0 radical (unpaired) electrons. The number of hydrogen-bond acceptors (Lipinski definition) is 3. The normalized spacial score (nSPS) is 11.2. The third kappa shape index (κ3) is 1.75. The Kier molecular flexibility index (Phi) is 2.85. The van der Waals surface area contributed by atoms with Gasteiger partial charge >= 0.3 is 5.69 Å². The third-order valence-corrected chi connectivity index (χ3v) is 2.41. The number of halogens is 3. The van der Waals surface area contributed by atoms with Crippen LogP contribution in [0.15, 0.2) is 15.7 Å². The molecule has 0 aliphatic rings. The molecule has 1 aromatic carbocycles. The van der Waals surface area contributed by atoms with Crippen molar-refractivity contribution in [1.82, 2.24) is 9.97 Å². The van der Waals surface area contributed by atoms with E-state index in [0.717, 1.165) is 7.11 Å². The van der Waals surface area contributed by atoms with E-state index in [9.17, 15) is 22.8 Å². The van der Waals surface area contributed by atoms with Crippen molar-refractivity contribution in [2.75, 3.05) is 7.11 Å². The van der Waals surface area contributed by atoms with Gasteiger partial charge in [0, 0.05) is 6.07 Å². The number of benzene rings is 1. The molecule has 0 amide bonds. The lowest BCUT2D eigenvalue weighted by Crippen LogP contribution is -2.23. The van der Waals surface area contributed by atoms with Crippen molar-refractivity contribution < 1.29 is 17.9 Å². The third-order valence-electron chi connectivity index (χ3n) is 2.41. The molecule has 18 heavy (non-hydrogen) atoms. The van der Waals surface area contributed by atoms with E-state index < -0.39 is 34.4 Å². The average Bonchev–Trinajstić information content (AvgIpc) is 2.28. The van der Waals surface area contributed by atoms with E-state index in [2.05, 4.69) is 4.98 Å². The Morgan fingerprint density at radius 2 is 1.94 bits per heavy atom. The molecule has 0 spiro atoms. The average molecular weight is 260 g/mol. The molecule has 96 valence electrons. The fraction of sp³-hybridized carbons (Fsp3) is 0.200. The fourth-order valence-electron chi connectivity index (χ4n) is 1.69. The van der Waals surface area contributed by atoms with E-state index in [1.54, 1.807) is 4.98 Å². The molecule has 0 saturated heterocycles. The smallest absolute Gasteiger partial charge is 0.326 e. The summed E-state index contributed by atoms with van der Waals surface area (Å²) in [5.74, 6) is -1.47. The summed E-state index contributed by atoms with van der Waals surface area (Å²) in [6.07, 6.45) is -3.19. The lowest BCUT2D eigenvalue weighted by molar-refractivity contribution is 0.148. The number of aromatic amines is 2. The second-order valence-corrected chi connectivity index (χ2v) is 3.43. The number of hydrogen-bond donors (Lipinski definition) is 2. The summed E-state index contributed by atoms with van der Waals surface area (Å²) < 4.78 is 43.7. The van der Waals surface area contributed by atoms with Gasteiger partial charge in [-0.05, 0) is 0 Å². The van der Waals surface area contributed by atoms with Crippen molar-refractivity contribution in [3.05, 3.63) is 38.3 Å². The van der Waals surface area contributed by atoms with Crippen LogP contribution < -0.4 is 16.0 Å². The van der Waals surface area contributed by atoms with Gasteiger partial charge in [-0.2, -0.15) is 0 Å². The standard InChI is InChI=1S/C10H7F3N2O3/c1-18-4-2-3(11)5(8(12)13)6-7(4)14-10(17)15-9(6)16/h2,8H,1H3,(H2,14,15,16,17). The van der Waals surface area contributed by atoms with Crippen molar-refractivity contribution in [1.29, 1.82) is 0 Å². The van der Waals surface area contributed by atoms with Crippen LogP contribution in [0.3, 0.4) is 0 Å². The summed E-state index contributed by atoms with van der Waals surface area (Å²) in [7, 11) is 1.16. The number of methoxy groups -OCH3 is 1. The van der Waals surface area contributed by atoms with Gasteiger partial charge in [0.2, 0.25) is 0 Å². The minimum atomic E-state index is -3.19. The molecule has 1 aromatic heterocycles. The molecule has 1 heterocycles. The molecule has 0 aliphatic heterocycles.